The molecule has 0 unspecified atom stereocenters. The van der Waals surface area contributed by atoms with Crippen LogP contribution in [-0.2, 0) is 11.3 Å². The van der Waals surface area contributed by atoms with E-state index in [0.717, 1.165) is 43.5 Å². The van der Waals surface area contributed by atoms with E-state index in [9.17, 15) is 0 Å². The van der Waals surface area contributed by atoms with E-state index >= 15 is 0 Å². The molecule has 0 bridgehead atoms. The smallest absolute Gasteiger partial charge is 0.191 e. The average Bonchev–Trinajstić information content (AvgIpc) is 2.73. The Morgan fingerprint density at radius 2 is 1.69 bits per heavy atom. The summed E-state index contributed by atoms with van der Waals surface area (Å²) in [5.41, 5.74) is 2.26. The molecule has 0 saturated heterocycles. The molecule has 2 aromatic rings. The normalized spacial score (nSPS) is 10.8. The molecule has 0 aliphatic carbocycles. The lowest BCUT2D eigenvalue weighted by Crippen LogP contribution is -2.38. The Hall–Kier alpha value is -2.00. The zero-order chi connectivity index (χ0) is 19.9. The van der Waals surface area contributed by atoms with Crippen molar-refractivity contribution in [3.8, 4) is 5.75 Å². The molecule has 0 atom stereocenters. The highest BCUT2D eigenvalue weighted by atomic mass is 127. The summed E-state index contributed by atoms with van der Waals surface area (Å²) in [4.78, 5) is 4.66. The van der Waals surface area contributed by atoms with Crippen molar-refractivity contribution in [3.05, 3.63) is 60.2 Å². The van der Waals surface area contributed by atoms with Crippen LogP contribution in [0, 0.1) is 0 Å². The number of rotatable bonds is 12. The van der Waals surface area contributed by atoms with Gasteiger partial charge >= 0.3 is 0 Å². The fourth-order valence-corrected chi connectivity index (χ4v) is 2.52. The zero-order valence-electron chi connectivity index (χ0n) is 17.3. The van der Waals surface area contributed by atoms with Crippen LogP contribution in [0.3, 0.4) is 0 Å². The molecule has 0 fully saturated rings. The number of hydrogen-bond donors (Lipinski definition) is 3. The molecular weight excluding hydrogens is 479 g/mol. The maximum Gasteiger partial charge on any atom is 0.191 e. The van der Waals surface area contributed by atoms with E-state index in [-0.39, 0.29) is 24.0 Å². The number of aliphatic imine (C=N–C) groups is 1. The Kier molecular flexibility index (Phi) is 13.7. The molecule has 0 aliphatic rings. The number of ether oxygens (including phenoxy) is 2. The average molecular weight is 512 g/mol. The number of methoxy groups -OCH3 is 1. The fourth-order valence-electron chi connectivity index (χ4n) is 2.52. The molecule has 29 heavy (non-hydrogen) atoms. The van der Waals surface area contributed by atoms with Crippen LogP contribution in [0.5, 0.6) is 5.75 Å². The monoisotopic (exact) mass is 512 g/mol. The second-order valence-electron chi connectivity index (χ2n) is 6.25. The summed E-state index contributed by atoms with van der Waals surface area (Å²) in [5.74, 6) is 1.73. The molecule has 7 heteroatoms. The number of anilines is 1. The molecule has 2 rings (SSSR count). The Bertz CT molecular complexity index is 681. The van der Waals surface area contributed by atoms with E-state index in [4.69, 9.17) is 9.47 Å². The molecule has 0 aromatic heterocycles. The molecule has 6 nitrogen and oxygen atoms in total. The number of para-hydroxylation sites is 1. The van der Waals surface area contributed by atoms with Crippen molar-refractivity contribution in [3.63, 3.8) is 0 Å². The summed E-state index contributed by atoms with van der Waals surface area (Å²) >= 11 is 0. The molecule has 0 saturated carbocycles. The lowest BCUT2D eigenvalue weighted by atomic mass is 10.2. The van der Waals surface area contributed by atoms with Crippen LogP contribution < -0.4 is 20.7 Å². The number of hydrogen-bond acceptors (Lipinski definition) is 4. The van der Waals surface area contributed by atoms with Crippen molar-refractivity contribution in [2.45, 2.75) is 19.9 Å². The van der Waals surface area contributed by atoms with E-state index in [1.54, 1.807) is 7.11 Å². The van der Waals surface area contributed by atoms with Crippen molar-refractivity contribution < 1.29 is 9.47 Å². The van der Waals surface area contributed by atoms with Gasteiger partial charge in [-0.2, -0.15) is 0 Å². The van der Waals surface area contributed by atoms with Crippen molar-refractivity contribution in [1.82, 2.24) is 10.6 Å². The van der Waals surface area contributed by atoms with Gasteiger partial charge in [0.2, 0.25) is 0 Å². The molecule has 3 N–H and O–H groups in total. The van der Waals surface area contributed by atoms with Crippen LogP contribution in [0.2, 0.25) is 0 Å². The van der Waals surface area contributed by atoms with Gasteiger partial charge in [-0.05, 0) is 43.2 Å². The minimum absolute atomic E-state index is 0. The first kappa shape index (κ1) is 25.0. The van der Waals surface area contributed by atoms with Crippen molar-refractivity contribution >= 4 is 35.6 Å². The molecule has 160 valence electrons. The third kappa shape index (κ3) is 10.9. The summed E-state index contributed by atoms with van der Waals surface area (Å²) in [6.45, 7) is 6.50. The van der Waals surface area contributed by atoms with Crippen LogP contribution >= 0.6 is 24.0 Å². The maximum absolute atomic E-state index is 5.71. The van der Waals surface area contributed by atoms with Gasteiger partial charge in [-0.3, -0.25) is 0 Å². The van der Waals surface area contributed by atoms with Gasteiger partial charge in [-0.25, -0.2) is 4.99 Å². The van der Waals surface area contributed by atoms with E-state index in [1.165, 1.54) is 5.56 Å². The topological polar surface area (TPSA) is 66.9 Å². The van der Waals surface area contributed by atoms with Gasteiger partial charge < -0.3 is 25.4 Å². The second kappa shape index (κ2) is 15.9. The minimum atomic E-state index is 0. The molecule has 0 aliphatic heterocycles. The summed E-state index contributed by atoms with van der Waals surface area (Å²) in [5, 5.41) is 9.95. The number of halogens is 1. The van der Waals surface area contributed by atoms with Gasteiger partial charge in [-0.15, -0.1) is 24.0 Å². The lowest BCUT2D eigenvalue weighted by molar-refractivity contribution is 0.211. The Morgan fingerprint density at radius 1 is 0.931 bits per heavy atom. The van der Waals surface area contributed by atoms with Crippen molar-refractivity contribution in [2.24, 2.45) is 4.99 Å². The minimum Gasteiger partial charge on any atom is -0.494 e. The van der Waals surface area contributed by atoms with Gasteiger partial charge in [0, 0.05) is 32.4 Å². The Balaban J connectivity index is 0.00000420. The molecule has 0 heterocycles. The highest BCUT2D eigenvalue weighted by Gasteiger charge is 1.99. The predicted molar refractivity (Wildman–Crippen MR) is 132 cm³/mol. The van der Waals surface area contributed by atoms with Crippen molar-refractivity contribution in [1.29, 1.82) is 0 Å². The molecule has 2 aromatic carbocycles. The summed E-state index contributed by atoms with van der Waals surface area (Å²) < 4.78 is 10.8. The Morgan fingerprint density at radius 3 is 2.38 bits per heavy atom. The summed E-state index contributed by atoms with van der Waals surface area (Å²) in [6.07, 6.45) is 0.904. The maximum atomic E-state index is 5.71. The predicted octanol–water partition coefficient (Wildman–Crippen LogP) is 3.89. The molecular formula is C22H33IN4O2. The summed E-state index contributed by atoms with van der Waals surface area (Å²) in [6, 6.07) is 18.2. The molecule has 0 spiro atoms. The number of nitrogens with one attached hydrogen (secondary N) is 3. The van der Waals surface area contributed by atoms with Crippen molar-refractivity contribution in [2.75, 3.05) is 45.3 Å². The SMILES string of the molecule is CCNC(=NCc1ccc(NCCOC)cc1)NCCCOc1ccccc1.I. The highest BCUT2D eigenvalue weighted by molar-refractivity contribution is 14.0. The zero-order valence-corrected chi connectivity index (χ0v) is 19.6. The number of nitrogens with zero attached hydrogens (tertiary/aromatic N) is 1. The first-order valence-corrected chi connectivity index (χ1v) is 9.83. The first-order valence-electron chi connectivity index (χ1n) is 9.83. The lowest BCUT2D eigenvalue weighted by Gasteiger charge is -2.12. The largest absolute Gasteiger partial charge is 0.494 e. The quantitative estimate of drug-likeness (QED) is 0.174. The van der Waals surface area contributed by atoms with Crippen LogP contribution in [0.4, 0.5) is 5.69 Å². The van der Waals surface area contributed by atoms with Crippen LogP contribution in [0.15, 0.2) is 59.6 Å². The highest BCUT2D eigenvalue weighted by Crippen LogP contribution is 2.10. The Labute approximate surface area is 191 Å². The molecule has 0 radical (unpaired) electrons. The van der Waals surface area contributed by atoms with Crippen LogP contribution in [0.1, 0.15) is 18.9 Å². The van der Waals surface area contributed by atoms with E-state index in [0.29, 0.717) is 19.8 Å². The van der Waals surface area contributed by atoms with Gasteiger partial charge in [0.25, 0.3) is 0 Å². The first-order chi connectivity index (χ1) is 13.8. The van der Waals surface area contributed by atoms with Gasteiger partial charge in [-0.1, -0.05) is 30.3 Å². The third-order valence-electron chi connectivity index (χ3n) is 3.98. The standard InChI is InChI=1S/C22H32N4O2.HI/c1-3-23-22(25-14-7-16-28-21-8-5-4-6-9-21)26-18-19-10-12-20(13-11-19)24-15-17-27-2;/h4-6,8-13,24H,3,7,14-18H2,1-2H3,(H2,23,25,26);1H. The third-order valence-corrected chi connectivity index (χ3v) is 3.98. The van der Waals surface area contributed by atoms with Gasteiger partial charge in [0.05, 0.1) is 19.8 Å². The van der Waals surface area contributed by atoms with E-state index in [1.807, 2.05) is 30.3 Å². The number of benzene rings is 2. The number of guanidine groups is 1. The summed E-state index contributed by atoms with van der Waals surface area (Å²) in [7, 11) is 1.70. The second-order valence-corrected chi connectivity index (χ2v) is 6.25. The van der Waals surface area contributed by atoms with Crippen LogP contribution in [-0.4, -0.2) is 45.9 Å². The van der Waals surface area contributed by atoms with Gasteiger partial charge in [0.15, 0.2) is 5.96 Å². The van der Waals surface area contributed by atoms with Crippen LogP contribution in [0.25, 0.3) is 0 Å². The molecule has 0 amide bonds. The fraction of sp³-hybridized carbons (Fsp3) is 0.409. The van der Waals surface area contributed by atoms with E-state index in [2.05, 4.69) is 52.1 Å². The van der Waals surface area contributed by atoms with Gasteiger partial charge in [0.1, 0.15) is 5.75 Å². The van der Waals surface area contributed by atoms with E-state index < -0.39 is 0 Å².